The van der Waals surface area contributed by atoms with Crippen molar-refractivity contribution in [2.24, 2.45) is 5.73 Å². The quantitative estimate of drug-likeness (QED) is 0.0308. The molecule has 8 rings (SSSR count). The van der Waals surface area contributed by atoms with Crippen LogP contribution in [0.15, 0.2) is 72.8 Å². The number of nitrogens with zero attached hydrogens (tertiary/aromatic N) is 3. The average molecular weight is 1130 g/mol. The Kier molecular flexibility index (Phi) is 17.9. The largest absolute Gasteiger partial charge is 0.447 e. The van der Waals surface area contributed by atoms with Crippen LogP contribution in [0.4, 0.5) is 13.6 Å². The first-order chi connectivity index (χ1) is 37.6. The number of fused-ring (bicyclic) bond motifs is 3. The highest BCUT2D eigenvalue weighted by Gasteiger charge is 2.51. The van der Waals surface area contributed by atoms with E-state index in [1.807, 2.05) is 11.0 Å². The molecule has 418 valence electrons. The number of halogens is 2. The van der Waals surface area contributed by atoms with E-state index >= 15 is 0 Å². The maximum Gasteiger partial charge on any atom is 0.404 e. The summed E-state index contributed by atoms with van der Waals surface area (Å²) >= 11 is 0.904. The number of unbranched alkanes of at least 4 members (excludes halogenated alkanes) is 3. The van der Waals surface area contributed by atoms with Crippen molar-refractivity contribution < 1.29 is 71.0 Å². The molecule has 3 saturated heterocycles. The predicted octanol–water partition coefficient (Wildman–Crippen LogP) is 2.85. The van der Waals surface area contributed by atoms with Crippen LogP contribution in [0.1, 0.15) is 106 Å². The summed E-state index contributed by atoms with van der Waals surface area (Å²) in [5.74, 6) is 1.48. The van der Waals surface area contributed by atoms with Gasteiger partial charge in [-0.2, -0.15) is 8.78 Å². The summed E-state index contributed by atoms with van der Waals surface area (Å²) < 4.78 is 45.9. The lowest BCUT2D eigenvalue weighted by Gasteiger charge is -2.37. The SMILES string of the molecule is CN1CC[C@H]2CC[C@@H](C(=O)N[C@@H](COC(N)=O)C(=O)N[C@H](C(=O)NCCCCCC#Cc3cccc4c3CN(C3CCC(=O)NC3=O)C4=O)c3ccccc3)N2C(=O)[C@@H](NC(=O)c2cc3cc(C(F)(F)P(=O)(O)O)ccc3s2)C1. The number of carbonyl (C=O) groups is 9. The first-order valence-corrected chi connectivity index (χ1v) is 27.9. The van der Waals surface area contributed by atoms with Crippen LogP contribution in [0.25, 0.3) is 10.1 Å². The van der Waals surface area contributed by atoms with E-state index in [0.717, 1.165) is 29.0 Å². The van der Waals surface area contributed by atoms with E-state index in [1.54, 1.807) is 49.5 Å². The molecule has 3 fully saturated rings. The van der Waals surface area contributed by atoms with Crippen LogP contribution < -0.4 is 32.3 Å². The molecule has 9 amide bonds. The van der Waals surface area contributed by atoms with Gasteiger partial charge in [0.15, 0.2) is 0 Å². The van der Waals surface area contributed by atoms with Crippen LogP contribution in [0, 0.1) is 11.8 Å². The lowest BCUT2D eigenvalue weighted by Crippen LogP contribution is -2.61. The molecule has 4 aliphatic rings. The van der Waals surface area contributed by atoms with Gasteiger partial charge in [0, 0.05) is 59.9 Å². The Labute approximate surface area is 455 Å². The number of likely N-dealkylation sites (N-methyl/N-ethyl adjacent to an activating group) is 1. The number of benzene rings is 3. The third-order valence-corrected chi connectivity index (χ3v) is 16.3. The van der Waals surface area contributed by atoms with E-state index in [-0.39, 0.29) is 61.0 Å². The maximum absolute atomic E-state index is 14.5. The van der Waals surface area contributed by atoms with E-state index in [4.69, 9.17) is 10.5 Å². The van der Waals surface area contributed by atoms with E-state index in [0.29, 0.717) is 66.5 Å². The molecule has 5 heterocycles. The summed E-state index contributed by atoms with van der Waals surface area (Å²) in [5, 5.41) is 13.2. The molecule has 4 aromatic rings. The Balaban J connectivity index is 0.874. The maximum atomic E-state index is 14.5. The smallest absolute Gasteiger partial charge is 0.404 e. The molecular formula is C53H58F2N9O13PS. The van der Waals surface area contributed by atoms with Crippen molar-refractivity contribution in [3.63, 3.8) is 0 Å². The summed E-state index contributed by atoms with van der Waals surface area (Å²) in [4.78, 5) is 143. The summed E-state index contributed by atoms with van der Waals surface area (Å²) in [7, 11) is -4.12. The fourth-order valence-electron chi connectivity index (χ4n) is 10.1. The monoisotopic (exact) mass is 1130 g/mol. The number of nitrogens with one attached hydrogen (secondary N) is 5. The minimum Gasteiger partial charge on any atom is -0.447 e. The Bertz CT molecular complexity index is 3180. The molecular weight excluding hydrogens is 1070 g/mol. The van der Waals surface area contributed by atoms with Gasteiger partial charge >= 0.3 is 19.4 Å². The third kappa shape index (κ3) is 13.3. The number of rotatable bonds is 18. The minimum atomic E-state index is -5.87. The number of carbonyl (C=O) groups excluding carboxylic acids is 9. The van der Waals surface area contributed by atoms with Gasteiger partial charge in [-0.05, 0) is 99.0 Å². The number of alkyl halides is 2. The second kappa shape index (κ2) is 24.6. The van der Waals surface area contributed by atoms with Crippen LogP contribution in [0.5, 0.6) is 0 Å². The number of nitrogens with two attached hydrogens (primary N) is 1. The zero-order chi connectivity index (χ0) is 56.8. The first kappa shape index (κ1) is 57.6. The number of ether oxygens (including phenoxy) is 1. The highest BCUT2D eigenvalue weighted by molar-refractivity contribution is 7.52. The zero-order valence-electron chi connectivity index (χ0n) is 42.7. The van der Waals surface area contributed by atoms with Crippen LogP contribution in [-0.2, 0) is 50.3 Å². The number of primary amides is 1. The molecule has 1 aromatic heterocycles. The van der Waals surface area contributed by atoms with E-state index in [2.05, 4.69) is 38.4 Å². The molecule has 0 radical (unpaired) electrons. The van der Waals surface area contributed by atoms with E-state index in [1.165, 1.54) is 21.9 Å². The van der Waals surface area contributed by atoms with Crippen LogP contribution in [0.2, 0.25) is 0 Å². The van der Waals surface area contributed by atoms with Crippen molar-refractivity contribution in [2.45, 2.75) is 106 Å². The van der Waals surface area contributed by atoms with Crippen LogP contribution >= 0.6 is 18.9 Å². The van der Waals surface area contributed by atoms with Gasteiger partial charge in [-0.25, -0.2) is 4.79 Å². The predicted molar refractivity (Wildman–Crippen MR) is 280 cm³/mol. The van der Waals surface area contributed by atoms with Gasteiger partial charge < -0.3 is 56.2 Å². The third-order valence-electron chi connectivity index (χ3n) is 14.2. The molecule has 79 heavy (non-hydrogen) atoms. The summed E-state index contributed by atoms with van der Waals surface area (Å²) in [6.45, 7) is 0.151. The fourth-order valence-corrected chi connectivity index (χ4v) is 11.6. The number of piperidine rings is 1. The second-order valence-corrected chi connectivity index (χ2v) is 22.4. The number of hydrogen-bond acceptors (Lipinski definition) is 13. The highest BCUT2D eigenvalue weighted by atomic mass is 32.1. The van der Waals surface area contributed by atoms with E-state index < -0.39 is 103 Å². The Morgan fingerprint density at radius 1 is 0.937 bits per heavy atom. The molecule has 0 bridgehead atoms. The van der Waals surface area contributed by atoms with Gasteiger partial charge in [0.1, 0.15) is 36.8 Å². The van der Waals surface area contributed by atoms with Crippen molar-refractivity contribution in [1.82, 2.24) is 41.3 Å². The minimum absolute atomic E-state index is 0.0118. The lowest BCUT2D eigenvalue weighted by molar-refractivity contribution is -0.144. The van der Waals surface area contributed by atoms with Crippen molar-refractivity contribution in [3.8, 4) is 11.8 Å². The van der Waals surface area contributed by atoms with Gasteiger partial charge in [-0.15, -0.1) is 11.3 Å². The molecule has 1 unspecified atom stereocenters. The second-order valence-electron chi connectivity index (χ2n) is 19.7. The van der Waals surface area contributed by atoms with Crippen LogP contribution in [-0.4, -0.2) is 141 Å². The first-order valence-electron chi connectivity index (χ1n) is 25.5. The molecule has 22 nitrogen and oxygen atoms in total. The van der Waals surface area contributed by atoms with Gasteiger partial charge in [0.05, 0.1) is 4.88 Å². The van der Waals surface area contributed by atoms with Crippen molar-refractivity contribution in [3.05, 3.63) is 105 Å². The average Bonchev–Trinajstić information content (AvgIpc) is 4.31. The Hall–Kier alpha value is -7.62. The topological polar surface area (TPSA) is 316 Å². The zero-order valence-corrected chi connectivity index (χ0v) is 44.4. The molecule has 6 atom stereocenters. The van der Waals surface area contributed by atoms with Crippen molar-refractivity contribution in [1.29, 1.82) is 0 Å². The number of imide groups is 1. The van der Waals surface area contributed by atoms with Crippen LogP contribution in [0.3, 0.4) is 0 Å². The fraction of sp³-hybridized carbons (Fsp3) is 0.415. The molecule has 4 aliphatic heterocycles. The number of thiophene rings is 1. The van der Waals surface area contributed by atoms with Gasteiger partial charge in [0.2, 0.25) is 35.4 Å². The summed E-state index contributed by atoms with van der Waals surface area (Å²) in [5.41, 5.74) is 2.10. The summed E-state index contributed by atoms with van der Waals surface area (Å²) in [6, 6.07) is 11.2. The standard InChI is InChI=1S/C53H58F2N9O13PS/c1-62-24-22-34-17-18-40(64(34)51(72)37(28-62)58-48(69)42-26-32-25-33(16-20-41(32)79-42)53(54,55)78(74,75)76)47(68)59-38(29-77-52(56)73)45(66)61-44(31-12-7-5-8-13-31)49(70)57-23-9-4-2-3-6-11-30-14-10-15-35-36(30)27-63(50(35)71)39-19-21-43(65)60-46(39)67/h5,7-8,10,12-16,20,25-26,34,37-40,44H,2-4,9,17-19,21-24,27-29H2,1H3,(H2,56,73)(H,57,70)(H,58,69)(H,59,68)(H,61,66)(H,60,65,67)(H2,74,75,76)/t34-,37+,38+,39?,40+,44+/m1/s1. The normalized spacial score (nSPS) is 20.4. The van der Waals surface area contributed by atoms with Gasteiger partial charge in [-0.3, -0.25) is 48.2 Å². The number of hydrogen-bond donors (Lipinski definition) is 8. The highest BCUT2D eigenvalue weighted by Crippen LogP contribution is 2.59. The van der Waals surface area contributed by atoms with Crippen molar-refractivity contribution in [2.75, 3.05) is 33.3 Å². The van der Waals surface area contributed by atoms with Gasteiger partial charge in [-0.1, -0.05) is 60.7 Å². The number of amides is 9. The molecule has 9 N–H and O–H groups in total. The molecule has 0 spiro atoms. The Morgan fingerprint density at radius 3 is 2.44 bits per heavy atom. The lowest BCUT2D eigenvalue weighted by atomic mass is 10.0. The van der Waals surface area contributed by atoms with E-state index in [9.17, 15) is 66.3 Å². The van der Waals surface area contributed by atoms with Gasteiger partial charge in [0.25, 0.3) is 11.8 Å². The molecule has 0 saturated carbocycles. The molecule has 3 aromatic carbocycles. The van der Waals surface area contributed by atoms with Crippen molar-refractivity contribution >= 4 is 82.4 Å². The molecule has 26 heteroatoms. The Morgan fingerprint density at radius 2 is 1.71 bits per heavy atom. The summed E-state index contributed by atoms with van der Waals surface area (Å²) in [6.07, 6.45) is 2.51. The molecule has 0 aliphatic carbocycles.